The molecule has 3 rings (SSSR count). The Kier molecular flexibility index (Phi) is 4.61. The van der Waals surface area contributed by atoms with E-state index in [9.17, 15) is 4.79 Å². The Bertz CT molecular complexity index is 821. The van der Waals surface area contributed by atoms with E-state index in [1.54, 1.807) is 18.5 Å². The van der Waals surface area contributed by atoms with Gasteiger partial charge in [0, 0.05) is 17.6 Å². The highest BCUT2D eigenvalue weighted by Crippen LogP contribution is 2.20. The fourth-order valence-corrected chi connectivity index (χ4v) is 2.46. The first kappa shape index (κ1) is 15.8. The molecule has 0 saturated carbocycles. The molecule has 2 heterocycles. The van der Waals surface area contributed by atoms with E-state index in [-0.39, 0.29) is 5.91 Å². The number of benzene rings is 1. The summed E-state index contributed by atoms with van der Waals surface area (Å²) in [7, 11) is 0. The molecule has 5 heteroatoms. The molecule has 5 nitrogen and oxygen atoms in total. The maximum absolute atomic E-state index is 12.5. The topological polar surface area (TPSA) is 67.2 Å². The number of pyridine rings is 1. The monoisotopic (exact) mass is 321 g/mol. The number of furan rings is 1. The van der Waals surface area contributed by atoms with Crippen molar-refractivity contribution in [2.75, 3.05) is 10.6 Å². The number of carbonyl (C=O) groups is 1. The van der Waals surface area contributed by atoms with E-state index in [2.05, 4.69) is 15.6 Å². The first-order valence-corrected chi connectivity index (χ1v) is 7.73. The molecule has 0 saturated heterocycles. The van der Waals surface area contributed by atoms with Crippen LogP contribution in [0.5, 0.6) is 0 Å². The zero-order valence-electron chi connectivity index (χ0n) is 13.7. The number of para-hydroxylation sites is 1. The third-order valence-corrected chi connectivity index (χ3v) is 3.76. The van der Waals surface area contributed by atoms with Crippen molar-refractivity contribution in [1.29, 1.82) is 0 Å². The summed E-state index contributed by atoms with van der Waals surface area (Å²) in [4.78, 5) is 16.6. The van der Waals surface area contributed by atoms with Crippen molar-refractivity contribution in [3.63, 3.8) is 0 Å². The Labute approximate surface area is 140 Å². The lowest BCUT2D eigenvalue weighted by atomic mass is 10.1. The third-order valence-electron chi connectivity index (χ3n) is 3.76. The molecule has 1 amide bonds. The van der Waals surface area contributed by atoms with Crippen LogP contribution in [-0.2, 0) is 6.54 Å². The van der Waals surface area contributed by atoms with E-state index in [0.29, 0.717) is 12.2 Å². The Morgan fingerprint density at radius 3 is 2.62 bits per heavy atom. The molecule has 0 spiro atoms. The van der Waals surface area contributed by atoms with Crippen molar-refractivity contribution >= 4 is 17.3 Å². The predicted octanol–water partition coefficient (Wildman–Crippen LogP) is 4.16. The van der Waals surface area contributed by atoms with Crippen LogP contribution >= 0.6 is 0 Å². The summed E-state index contributed by atoms with van der Waals surface area (Å²) in [6, 6.07) is 13.2. The van der Waals surface area contributed by atoms with Crippen LogP contribution in [0.4, 0.5) is 11.4 Å². The van der Waals surface area contributed by atoms with Gasteiger partial charge in [-0.2, -0.15) is 0 Å². The summed E-state index contributed by atoms with van der Waals surface area (Å²) in [6.45, 7) is 4.49. The van der Waals surface area contributed by atoms with Gasteiger partial charge in [0.05, 0.1) is 12.8 Å². The Balaban J connectivity index is 1.72. The fraction of sp³-hybridized carbons (Fsp3) is 0.158. The minimum absolute atomic E-state index is 0.228. The number of nitrogens with zero attached hydrogens (tertiary/aromatic N) is 1. The molecular weight excluding hydrogens is 302 g/mol. The van der Waals surface area contributed by atoms with Gasteiger partial charge in [-0.3, -0.25) is 9.78 Å². The average molecular weight is 321 g/mol. The van der Waals surface area contributed by atoms with E-state index < -0.39 is 0 Å². The molecule has 3 aromatic rings. The number of aromatic nitrogens is 1. The number of nitrogens with one attached hydrogen (secondary N) is 2. The van der Waals surface area contributed by atoms with E-state index in [4.69, 9.17) is 4.42 Å². The van der Waals surface area contributed by atoms with Crippen molar-refractivity contribution in [3.8, 4) is 0 Å². The lowest BCUT2D eigenvalue weighted by Crippen LogP contribution is -2.15. The molecule has 1 aromatic carbocycles. The van der Waals surface area contributed by atoms with Gasteiger partial charge >= 0.3 is 0 Å². The number of amides is 1. The summed E-state index contributed by atoms with van der Waals surface area (Å²) >= 11 is 0. The standard InChI is InChI=1S/C19H19N3O2/c1-13-5-3-6-14(2)18(13)22-19(23)17-11-15(8-9-20-17)21-12-16-7-4-10-24-16/h3-11H,12H2,1-2H3,(H,20,21)(H,22,23). The SMILES string of the molecule is Cc1cccc(C)c1NC(=O)c1cc(NCc2ccco2)ccn1. The average Bonchev–Trinajstić information content (AvgIpc) is 3.10. The number of rotatable bonds is 5. The number of carbonyl (C=O) groups excluding carboxylic acids is 1. The molecule has 122 valence electrons. The van der Waals surface area contributed by atoms with Crippen LogP contribution in [0.2, 0.25) is 0 Å². The highest BCUT2D eigenvalue weighted by atomic mass is 16.3. The molecule has 2 N–H and O–H groups in total. The van der Waals surface area contributed by atoms with Gasteiger partial charge in [-0.05, 0) is 49.2 Å². The van der Waals surface area contributed by atoms with Gasteiger partial charge in [-0.15, -0.1) is 0 Å². The van der Waals surface area contributed by atoms with Crippen LogP contribution < -0.4 is 10.6 Å². The van der Waals surface area contributed by atoms with E-state index in [0.717, 1.165) is 28.3 Å². The lowest BCUT2D eigenvalue weighted by molar-refractivity contribution is 0.102. The molecule has 0 radical (unpaired) electrons. The molecule has 2 aromatic heterocycles. The Morgan fingerprint density at radius 2 is 1.92 bits per heavy atom. The second-order valence-corrected chi connectivity index (χ2v) is 5.58. The smallest absolute Gasteiger partial charge is 0.274 e. The number of aryl methyl sites for hydroxylation is 2. The van der Waals surface area contributed by atoms with Gasteiger partial charge in [-0.1, -0.05) is 18.2 Å². The minimum Gasteiger partial charge on any atom is -0.467 e. The quantitative estimate of drug-likeness (QED) is 0.740. The van der Waals surface area contributed by atoms with Gasteiger partial charge in [0.25, 0.3) is 5.91 Å². The maximum atomic E-state index is 12.5. The maximum Gasteiger partial charge on any atom is 0.274 e. The van der Waals surface area contributed by atoms with E-state index in [1.807, 2.05) is 50.2 Å². The number of anilines is 2. The lowest BCUT2D eigenvalue weighted by Gasteiger charge is -2.11. The molecular formula is C19H19N3O2. The molecule has 0 atom stereocenters. The third kappa shape index (κ3) is 3.63. The second-order valence-electron chi connectivity index (χ2n) is 5.58. The number of hydrogen-bond donors (Lipinski definition) is 2. The minimum atomic E-state index is -0.228. The van der Waals surface area contributed by atoms with Crippen LogP contribution in [0, 0.1) is 13.8 Å². The van der Waals surface area contributed by atoms with Crippen LogP contribution in [0.15, 0.2) is 59.3 Å². The largest absolute Gasteiger partial charge is 0.467 e. The first-order valence-electron chi connectivity index (χ1n) is 7.73. The molecule has 0 aliphatic carbocycles. The van der Waals surface area contributed by atoms with E-state index >= 15 is 0 Å². The second kappa shape index (κ2) is 7.00. The Hall–Kier alpha value is -3.08. The first-order chi connectivity index (χ1) is 11.6. The Morgan fingerprint density at radius 1 is 1.12 bits per heavy atom. The zero-order valence-corrected chi connectivity index (χ0v) is 13.7. The van der Waals surface area contributed by atoms with Crippen molar-refractivity contribution in [1.82, 2.24) is 4.98 Å². The zero-order chi connectivity index (χ0) is 16.9. The number of hydrogen-bond acceptors (Lipinski definition) is 4. The molecule has 24 heavy (non-hydrogen) atoms. The highest BCUT2D eigenvalue weighted by molar-refractivity contribution is 6.04. The van der Waals surface area contributed by atoms with Crippen molar-refractivity contribution in [2.45, 2.75) is 20.4 Å². The van der Waals surface area contributed by atoms with Gasteiger partial charge in [0.2, 0.25) is 0 Å². The molecule has 0 aliphatic heterocycles. The van der Waals surface area contributed by atoms with E-state index in [1.165, 1.54) is 0 Å². The summed E-state index contributed by atoms with van der Waals surface area (Å²) in [5.74, 6) is 0.599. The van der Waals surface area contributed by atoms with Crippen molar-refractivity contribution in [2.24, 2.45) is 0 Å². The molecule has 0 bridgehead atoms. The van der Waals surface area contributed by atoms with Crippen LogP contribution in [0.3, 0.4) is 0 Å². The van der Waals surface area contributed by atoms with Gasteiger partial charge in [0.15, 0.2) is 0 Å². The summed E-state index contributed by atoms with van der Waals surface area (Å²) in [6.07, 6.45) is 3.25. The molecule has 0 unspecified atom stereocenters. The van der Waals surface area contributed by atoms with Crippen LogP contribution in [-0.4, -0.2) is 10.9 Å². The molecule has 0 aliphatic rings. The normalized spacial score (nSPS) is 10.4. The van der Waals surface area contributed by atoms with Gasteiger partial charge in [-0.25, -0.2) is 0 Å². The summed E-state index contributed by atoms with van der Waals surface area (Å²) in [5, 5.41) is 6.16. The van der Waals surface area contributed by atoms with Crippen molar-refractivity contribution < 1.29 is 9.21 Å². The predicted molar refractivity (Wildman–Crippen MR) is 94.1 cm³/mol. The van der Waals surface area contributed by atoms with Crippen LogP contribution in [0.1, 0.15) is 27.4 Å². The van der Waals surface area contributed by atoms with Gasteiger partial charge in [0.1, 0.15) is 11.5 Å². The summed E-state index contributed by atoms with van der Waals surface area (Å²) in [5.41, 5.74) is 4.05. The molecule has 0 fully saturated rings. The van der Waals surface area contributed by atoms with Crippen LogP contribution in [0.25, 0.3) is 0 Å². The van der Waals surface area contributed by atoms with Crippen molar-refractivity contribution in [3.05, 3.63) is 77.5 Å². The highest BCUT2D eigenvalue weighted by Gasteiger charge is 2.11. The fourth-order valence-electron chi connectivity index (χ4n) is 2.46. The van der Waals surface area contributed by atoms with Gasteiger partial charge < -0.3 is 15.1 Å². The summed E-state index contributed by atoms with van der Waals surface area (Å²) < 4.78 is 5.28.